The second-order valence-electron chi connectivity index (χ2n) is 7.17. The molecule has 0 aromatic carbocycles. The zero-order valence-electron chi connectivity index (χ0n) is 14.5. The maximum atomic E-state index is 11.8. The number of carbonyl (C=O) groups excluding carboxylic acids is 1. The van der Waals surface area contributed by atoms with E-state index in [1.54, 1.807) is 6.20 Å². The first-order valence-corrected chi connectivity index (χ1v) is 9.00. The van der Waals surface area contributed by atoms with Crippen LogP contribution in [0.25, 0.3) is 10.5 Å². The quantitative estimate of drug-likeness (QED) is 0.891. The molecule has 2 aromatic heterocycles. The Labute approximate surface area is 145 Å². The van der Waals surface area contributed by atoms with E-state index in [9.17, 15) is 4.79 Å². The number of nitrogens with one attached hydrogen (secondary N) is 1. The SMILES string of the molecule is CC1CCN(c2cnc3nc(NC(=O)OC(C)(C)C)sc3n2)CC1. The number of rotatable bonds is 2. The first-order chi connectivity index (χ1) is 11.3. The van der Waals surface area contributed by atoms with E-state index in [-0.39, 0.29) is 0 Å². The molecule has 8 heteroatoms. The normalized spacial score (nSPS) is 16.4. The number of carbonyl (C=O) groups is 1. The van der Waals surface area contributed by atoms with Gasteiger partial charge < -0.3 is 9.64 Å². The van der Waals surface area contributed by atoms with E-state index in [1.807, 2.05) is 20.8 Å². The molecule has 1 aliphatic heterocycles. The topological polar surface area (TPSA) is 80.2 Å². The van der Waals surface area contributed by atoms with Crippen LogP contribution < -0.4 is 10.2 Å². The number of piperidine rings is 1. The van der Waals surface area contributed by atoms with Crippen molar-refractivity contribution < 1.29 is 9.53 Å². The Hall–Kier alpha value is -1.96. The van der Waals surface area contributed by atoms with Crippen LogP contribution >= 0.6 is 11.3 Å². The van der Waals surface area contributed by atoms with Crippen LogP contribution in [0, 0.1) is 5.92 Å². The van der Waals surface area contributed by atoms with E-state index in [2.05, 4.69) is 32.1 Å². The molecule has 0 atom stereocenters. The summed E-state index contributed by atoms with van der Waals surface area (Å²) in [5.74, 6) is 1.65. The van der Waals surface area contributed by atoms with Crippen LogP contribution in [0.4, 0.5) is 15.7 Å². The van der Waals surface area contributed by atoms with Gasteiger partial charge in [-0.25, -0.2) is 14.8 Å². The van der Waals surface area contributed by atoms with E-state index < -0.39 is 11.7 Å². The second kappa shape index (κ2) is 6.51. The minimum Gasteiger partial charge on any atom is -0.444 e. The zero-order chi connectivity index (χ0) is 17.3. The molecule has 0 unspecified atom stereocenters. The van der Waals surface area contributed by atoms with Crippen molar-refractivity contribution in [2.45, 2.75) is 46.1 Å². The number of amides is 1. The number of thiazole rings is 1. The number of hydrogen-bond acceptors (Lipinski definition) is 7. The molecule has 1 saturated heterocycles. The highest BCUT2D eigenvalue weighted by Crippen LogP contribution is 2.27. The van der Waals surface area contributed by atoms with E-state index in [0.717, 1.165) is 29.7 Å². The fourth-order valence-corrected chi connectivity index (χ4v) is 3.33. The van der Waals surface area contributed by atoms with Crippen molar-refractivity contribution >= 4 is 38.9 Å². The van der Waals surface area contributed by atoms with Crippen LogP contribution in [0.2, 0.25) is 0 Å². The van der Waals surface area contributed by atoms with Crippen LogP contribution in [0.1, 0.15) is 40.5 Å². The lowest BCUT2D eigenvalue weighted by Gasteiger charge is -2.30. The van der Waals surface area contributed by atoms with E-state index in [0.29, 0.717) is 10.8 Å². The number of hydrogen-bond donors (Lipinski definition) is 1. The Morgan fingerprint density at radius 2 is 2.04 bits per heavy atom. The Bertz CT molecular complexity index is 732. The van der Waals surface area contributed by atoms with Crippen molar-refractivity contribution in [3.63, 3.8) is 0 Å². The second-order valence-corrected chi connectivity index (χ2v) is 8.15. The summed E-state index contributed by atoms with van der Waals surface area (Å²) < 4.78 is 5.23. The molecule has 1 fully saturated rings. The third-order valence-electron chi connectivity index (χ3n) is 3.83. The van der Waals surface area contributed by atoms with Gasteiger partial charge in [0.1, 0.15) is 11.4 Å². The maximum Gasteiger partial charge on any atom is 0.413 e. The predicted octanol–water partition coefficient (Wildman–Crippen LogP) is 3.67. The van der Waals surface area contributed by atoms with E-state index in [1.165, 1.54) is 24.2 Å². The summed E-state index contributed by atoms with van der Waals surface area (Å²) in [7, 11) is 0. The fourth-order valence-electron chi connectivity index (χ4n) is 2.55. The van der Waals surface area contributed by atoms with Gasteiger partial charge >= 0.3 is 6.09 Å². The van der Waals surface area contributed by atoms with E-state index >= 15 is 0 Å². The fraction of sp³-hybridized carbons (Fsp3) is 0.625. The Morgan fingerprint density at radius 1 is 1.33 bits per heavy atom. The molecule has 3 heterocycles. The molecule has 1 amide bonds. The summed E-state index contributed by atoms with van der Waals surface area (Å²) in [6.07, 6.45) is 3.59. The van der Waals surface area contributed by atoms with Gasteiger partial charge in [0, 0.05) is 13.1 Å². The van der Waals surface area contributed by atoms with Crippen LogP contribution in [0.5, 0.6) is 0 Å². The first-order valence-electron chi connectivity index (χ1n) is 8.19. The molecular formula is C16H23N5O2S. The summed E-state index contributed by atoms with van der Waals surface area (Å²) >= 11 is 1.31. The van der Waals surface area contributed by atoms with Crippen LogP contribution in [0.15, 0.2) is 6.20 Å². The minimum atomic E-state index is -0.546. The molecule has 1 aliphatic rings. The van der Waals surface area contributed by atoms with Crippen LogP contribution in [-0.4, -0.2) is 39.7 Å². The summed E-state index contributed by atoms with van der Waals surface area (Å²) in [6.45, 7) is 9.75. The summed E-state index contributed by atoms with van der Waals surface area (Å²) in [5.41, 5.74) is -0.00396. The summed E-state index contributed by atoms with van der Waals surface area (Å²) in [6, 6.07) is 0. The lowest BCUT2D eigenvalue weighted by atomic mass is 9.99. The van der Waals surface area contributed by atoms with Crippen molar-refractivity contribution in [1.29, 1.82) is 0 Å². The van der Waals surface area contributed by atoms with Gasteiger partial charge in [-0.05, 0) is 39.5 Å². The third kappa shape index (κ3) is 4.11. The molecule has 0 saturated carbocycles. The van der Waals surface area contributed by atoms with Gasteiger partial charge in [0.15, 0.2) is 15.6 Å². The van der Waals surface area contributed by atoms with E-state index in [4.69, 9.17) is 4.74 Å². The summed E-state index contributed by atoms with van der Waals surface area (Å²) in [5, 5.41) is 3.09. The Morgan fingerprint density at radius 3 is 2.71 bits per heavy atom. The molecule has 1 N–H and O–H groups in total. The molecule has 130 valence electrons. The largest absolute Gasteiger partial charge is 0.444 e. The lowest BCUT2D eigenvalue weighted by molar-refractivity contribution is 0.0636. The highest BCUT2D eigenvalue weighted by molar-refractivity contribution is 7.21. The van der Waals surface area contributed by atoms with Gasteiger partial charge in [-0.1, -0.05) is 18.3 Å². The molecule has 0 spiro atoms. The molecule has 24 heavy (non-hydrogen) atoms. The van der Waals surface area contributed by atoms with Gasteiger partial charge in [-0.15, -0.1) is 0 Å². The van der Waals surface area contributed by atoms with Gasteiger partial charge in [0.25, 0.3) is 0 Å². The van der Waals surface area contributed by atoms with Crippen LogP contribution in [0.3, 0.4) is 0 Å². The van der Waals surface area contributed by atoms with Crippen molar-refractivity contribution in [3.05, 3.63) is 6.20 Å². The molecule has 0 radical (unpaired) electrons. The molecular weight excluding hydrogens is 326 g/mol. The Kier molecular flexibility index (Phi) is 4.58. The van der Waals surface area contributed by atoms with Crippen molar-refractivity contribution in [3.8, 4) is 0 Å². The molecule has 2 aromatic rings. The number of anilines is 2. The molecule has 0 bridgehead atoms. The first kappa shape index (κ1) is 16.9. The predicted molar refractivity (Wildman–Crippen MR) is 95.7 cm³/mol. The van der Waals surface area contributed by atoms with Crippen molar-refractivity contribution in [1.82, 2.24) is 15.0 Å². The molecule has 7 nitrogen and oxygen atoms in total. The van der Waals surface area contributed by atoms with Crippen molar-refractivity contribution in [2.75, 3.05) is 23.3 Å². The number of nitrogens with zero attached hydrogens (tertiary/aromatic N) is 4. The van der Waals surface area contributed by atoms with Crippen LogP contribution in [-0.2, 0) is 4.74 Å². The van der Waals surface area contributed by atoms with Crippen molar-refractivity contribution in [2.24, 2.45) is 5.92 Å². The Balaban J connectivity index is 1.73. The third-order valence-corrected chi connectivity index (χ3v) is 4.68. The number of aromatic nitrogens is 3. The average Bonchev–Trinajstić information content (AvgIpc) is 2.86. The molecule has 3 rings (SSSR count). The van der Waals surface area contributed by atoms with Gasteiger partial charge in [-0.2, -0.15) is 4.98 Å². The molecule has 0 aliphatic carbocycles. The smallest absolute Gasteiger partial charge is 0.413 e. The number of ether oxygens (including phenoxy) is 1. The van der Waals surface area contributed by atoms with Gasteiger partial charge in [0.05, 0.1) is 6.20 Å². The monoisotopic (exact) mass is 349 g/mol. The highest BCUT2D eigenvalue weighted by atomic mass is 32.1. The highest BCUT2D eigenvalue weighted by Gasteiger charge is 2.20. The standard InChI is InChI=1S/C16H23N5O2S/c1-10-5-7-21(8-6-10)11-9-17-12-13(18-11)24-14(19-12)20-15(22)23-16(2,3)4/h9-10H,5-8H2,1-4H3,(H,17,19,20,22). The van der Waals surface area contributed by atoms with Gasteiger partial charge in [-0.3, -0.25) is 5.32 Å². The average molecular weight is 349 g/mol. The summed E-state index contributed by atoms with van der Waals surface area (Å²) in [4.78, 5) is 28.1. The minimum absolute atomic E-state index is 0.448. The number of fused-ring (bicyclic) bond motifs is 1. The van der Waals surface area contributed by atoms with Gasteiger partial charge in [0.2, 0.25) is 0 Å². The maximum absolute atomic E-state index is 11.8. The zero-order valence-corrected chi connectivity index (χ0v) is 15.3. The lowest BCUT2D eigenvalue weighted by Crippen LogP contribution is -2.33.